The van der Waals surface area contributed by atoms with E-state index in [1.54, 1.807) is 12.3 Å². The largest absolute Gasteiger partial charge is 0.438 e. The molecule has 0 radical (unpaired) electrons. The van der Waals surface area contributed by atoms with Crippen LogP contribution >= 0.6 is 0 Å². The normalized spacial score (nSPS) is 13.3. The molecule has 2 heterocycles. The van der Waals surface area contributed by atoms with E-state index in [2.05, 4.69) is 29.5 Å². The van der Waals surface area contributed by atoms with Crippen LogP contribution in [0.25, 0.3) is 11.1 Å². The minimum Gasteiger partial charge on any atom is -0.438 e. The van der Waals surface area contributed by atoms with Crippen molar-refractivity contribution in [3.05, 3.63) is 70.5 Å². The molecular formula is C26H33N5O6. The van der Waals surface area contributed by atoms with E-state index in [4.69, 9.17) is 14.9 Å². The van der Waals surface area contributed by atoms with Crippen LogP contribution in [0.1, 0.15) is 38.1 Å². The minimum atomic E-state index is -1.40. The van der Waals surface area contributed by atoms with E-state index in [9.17, 15) is 19.5 Å². The summed E-state index contributed by atoms with van der Waals surface area (Å²) in [7, 11) is 1.27. The molecule has 2 atom stereocenters. The number of hydrogen-bond acceptors (Lipinski definition) is 8. The second kappa shape index (κ2) is 12.9. The maximum atomic E-state index is 13.1. The summed E-state index contributed by atoms with van der Waals surface area (Å²) < 4.78 is 12.2. The van der Waals surface area contributed by atoms with Gasteiger partial charge in [0, 0.05) is 13.3 Å². The number of hydrogen-bond donors (Lipinski definition) is 4. The number of aliphatic hydroxyl groups excluding tert-OH is 1. The molecule has 3 rings (SSSR count). The highest BCUT2D eigenvalue weighted by Gasteiger charge is 2.22. The molecule has 2 aromatic heterocycles. The van der Waals surface area contributed by atoms with E-state index in [1.165, 1.54) is 29.9 Å². The molecule has 5 N–H and O–H groups in total. The molecule has 0 bridgehead atoms. The Morgan fingerprint density at radius 3 is 2.76 bits per heavy atom. The fourth-order valence-electron chi connectivity index (χ4n) is 3.84. The van der Waals surface area contributed by atoms with Gasteiger partial charge in [0.25, 0.3) is 5.56 Å². The summed E-state index contributed by atoms with van der Waals surface area (Å²) in [5, 5.41) is 15.0. The van der Waals surface area contributed by atoms with Crippen molar-refractivity contribution in [2.75, 3.05) is 12.4 Å². The SMILES string of the molecule is COC(O)N[C@@H](CC/C=C/C(N)=O)C(=O)Nc1cccn(Cc2nc3cccc(CC(C)C)c3o2)c1=O. The van der Waals surface area contributed by atoms with Crippen LogP contribution in [0.5, 0.6) is 0 Å². The third kappa shape index (κ3) is 7.84. The first-order valence-corrected chi connectivity index (χ1v) is 12.0. The van der Waals surface area contributed by atoms with Crippen LogP contribution in [-0.4, -0.2) is 46.0 Å². The number of nitrogens with one attached hydrogen (secondary N) is 2. The first kappa shape index (κ1) is 27.8. The number of aliphatic hydroxyl groups is 1. The van der Waals surface area contributed by atoms with Crippen molar-refractivity contribution in [3.8, 4) is 0 Å². The molecule has 2 amide bonds. The number of primary amides is 1. The number of fused-ring (bicyclic) bond motifs is 1. The Morgan fingerprint density at radius 1 is 1.27 bits per heavy atom. The summed E-state index contributed by atoms with van der Waals surface area (Å²) in [6.07, 6.45) is 4.27. The number of aromatic nitrogens is 2. The van der Waals surface area contributed by atoms with Gasteiger partial charge < -0.3 is 29.9 Å². The molecule has 0 aliphatic heterocycles. The summed E-state index contributed by atoms with van der Waals surface area (Å²) in [4.78, 5) is 41.4. The number of carbonyl (C=O) groups is 2. The Kier molecular flexibility index (Phi) is 9.72. The van der Waals surface area contributed by atoms with Crippen molar-refractivity contribution >= 4 is 28.6 Å². The van der Waals surface area contributed by atoms with Crippen molar-refractivity contribution in [3.63, 3.8) is 0 Å². The number of pyridine rings is 1. The van der Waals surface area contributed by atoms with E-state index in [0.29, 0.717) is 23.8 Å². The molecule has 11 nitrogen and oxygen atoms in total. The smallest absolute Gasteiger partial charge is 0.274 e. The summed E-state index contributed by atoms with van der Waals surface area (Å²) in [6, 6.07) is 8.01. The quantitative estimate of drug-likeness (QED) is 0.200. The van der Waals surface area contributed by atoms with Gasteiger partial charge in [0.15, 0.2) is 5.58 Å². The van der Waals surface area contributed by atoms with E-state index < -0.39 is 29.8 Å². The molecule has 1 aromatic carbocycles. The van der Waals surface area contributed by atoms with E-state index in [-0.39, 0.29) is 18.7 Å². The maximum absolute atomic E-state index is 13.1. The molecule has 0 spiro atoms. The Bertz CT molecular complexity index is 1310. The molecule has 0 saturated carbocycles. The molecule has 37 heavy (non-hydrogen) atoms. The number of nitrogens with zero attached hydrogens (tertiary/aromatic N) is 2. The Hall–Kier alpha value is -3.80. The lowest BCUT2D eigenvalue weighted by atomic mass is 10.0. The van der Waals surface area contributed by atoms with Gasteiger partial charge in [-0.2, -0.15) is 0 Å². The van der Waals surface area contributed by atoms with Crippen molar-refractivity contribution in [1.29, 1.82) is 0 Å². The predicted octanol–water partition coefficient (Wildman–Crippen LogP) is 1.88. The third-order valence-corrected chi connectivity index (χ3v) is 5.54. The molecule has 0 saturated heterocycles. The molecule has 0 aliphatic carbocycles. The Labute approximate surface area is 214 Å². The number of amides is 2. The number of nitrogens with two attached hydrogens (primary N) is 1. The van der Waals surface area contributed by atoms with Gasteiger partial charge in [-0.25, -0.2) is 4.98 Å². The number of methoxy groups -OCH3 is 1. The summed E-state index contributed by atoms with van der Waals surface area (Å²) in [5.74, 6) is -0.338. The van der Waals surface area contributed by atoms with Gasteiger partial charge in [0.05, 0.1) is 6.04 Å². The van der Waals surface area contributed by atoms with Crippen molar-refractivity contribution in [1.82, 2.24) is 14.9 Å². The second-order valence-electron chi connectivity index (χ2n) is 9.00. The van der Waals surface area contributed by atoms with Crippen molar-refractivity contribution in [2.45, 2.75) is 52.1 Å². The number of para-hydroxylation sites is 1. The van der Waals surface area contributed by atoms with E-state index in [1.807, 2.05) is 18.2 Å². The van der Waals surface area contributed by atoms with Gasteiger partial charge in [0.1, 0.15) is 17.7 Å². The van der Waals surface area contributed by atoms with Crippen LogP contribution in [0.15, 0.2) is 57.9 Å². The fourth-order valence-corrected chi connectivity index (χ4v) is 3.84. The van der Waals surface area contributed by atoms with Gasteiger partial charge in [-0.05, 0) is 55.0 Å². The number of rotatable bonds is 13. The van der Waals surface area contributed by atoms with Gasteiger partial charge in [-0.1, -0.05) is 32.1 Å². The van der Waals surface area contributed by atoms with Crippen LogP contribution < -0.4 is 21.9 Å². The van der Waals surface area contributed by atoms with Crippen LogP contribution in [0, 0.1) is 5.92 Å². The second-order valence-corrected chi connectivity index (χ2v) is 9.00. The van der Waals surface area contributed by atoms with Crippen LogP contribution in [-0.2, 0) is 27.3 Å². The van der Waals surface area contributed by atoms with Crippen LogP contribution in [0.2, 0.25) is 0 Å². The van der Waals surface area contributed by atoms with Gasteiger partial charge in [-0.3, -0.25) is 19.7 Å². The average molecular weight is 512 g/mol. The number of ether oxygens (including phenoxy) is 1. The lowest BCUT2D eigenvalue weighted by Crippen LogP contribution is -2.47. The van der Waals surface area contributed by atoms with Crippen LogP contribution in [0.3, 0.4) is 0 Å². The van der Waals surface area contributed by atoms with E-state index in [0.717, 1.165) is 17.5 Å². The van der Waals surface area contributed by atoms with Gasteiger partial charge in [-0.15, -0.1) is 0 Å². The number of anilines is 1. The number of allylic oxidation sites excluding steroid dienone is 1. The van der Waals surface area contributed by atoms with Crippen molar-refractivity contribution < 1.29 is 23.8 Å². The molecular weight excluding hydrogens is 478 g/mol. The minimum absolute atomic E-state index is 0.0514. The highest BCUT2D eigenvalue weighted by atomic mass is 16.6. The predicted molar refractivity (Wildman–Crippen MR) is 138 cm³/mol. The first-order valence-electron chi connectivity index (χ1n) is 12.0. The molecule has 3 aromatic rings. The zero-order chi connectivity index (χ0) is 26.9. The molecule has 11 heteroatoms. The Balaban J connectivity index is 1.77. The summed E-state index contributed by atoms with van der Waals surface area (Å²) in [5.41, 5.74) is 7.18. The molecule has 198 valence electrons. The first-order chi connectivity index (χ1) is 17.7. The number of carbonyl (C=O) groups excluding carboxylic acids is 2. The molecule has 0 aliphatic rings. The number of benzene rings is 1. The van der Waals surface area contributed by atoms with Gasteiger partial charge in [0.2, 0.25) is 24.1 Å². The highest BCUT2D eigenvalue weighted by molar-refractivity contribution is 5.94. The molecule has 1 unspecified atom stereocenters. The summed E-state index contributed by atoms with van der Waals surface area (Å²) >= 11 is 0. The lowest BCUT2D eigenvalue weighted by Gasteiger charge is -2.20. The standard InChI is InChI=1S/C26H33N5O6/c1-16(2)14-17-8-6-10-18-23(17)37-22(28-18)15-31-13-7-11-20(25(31)34)29-24(33)19(30-26(35)36-3)9-4-5-12-21(27)32/h5-8,10-13,16,19,26,30,35H,4,9,14-15H2,1-3H3,(H2,27,32)(H,29,33)/b12-5+/t19-,26?/m0/s1. The summed E-state index contributed by atoms with van der Waals surface area (Å²) in [6.45, 7) is 4.34. The van der Waals surface area contributed by atoms with E-state index >= 15 is 0 Å². The highest BCUT2D eigenvalue weighted by Crippen LogP contribution is 2.23. The third-order valence-electron chi connectivity index (χ3n) is 5.54. The number of oxazole rings is 1. The monoisotopic (exact) mass is 511 g/mol. The average Bonchev–Trinajstić information content (AvgIpc) is 3.26. The fraction of sp³-hybridized carbons (Fsp3) is 0.385. The van der Waals surface area contributed by atoms with Crippen LogP contribution in [0.4, 0.5) is 5.69 Å². The Morgan fingerprint density at radius 2 is 2.05 bits per heavy atom. The zero-order valence-electron chi connectivity index (χ0n) is 21.1. The van der Waals surface area contributed by atoms with Crippen molar-refractivity contribution in [2.24, 2.45) is 11.7 Å². The zero-order valence-corrected chi connectivity index (χ0v) is 21.1. The lowest BCUT2D eigenvalue weighted by molar-refractivity contribution is -0.129. The topological polar surface area (TPSA) is 162 Å². The van der Waals surface area contributed by atoms with Gasteiger partial charge >= 0.3 is 0 Å². The maximum Gasteiger partial charge on any atom is 0.274 e. The molecule has 0 fully saturated rings.